The van der Waals surface area contributed by atoms with Gasteiger partial charge in [0.15, 0.2) is 11.4 Å². The Hall–Kier alpha value is -0.950. The van der Waals surface area contributed by atoms with Crippen molar-refractivity contribution in [2.45, 2.75) is 6.92 Å². The molecule has 0 fully saturated rings. The summed E-state index contributed by atoms with van der Waals surface area (Å²) in [4.78, 5) is 0. The summed E-state index contributed by atoms with van der Waals surface area (Å²) in [6.45, 7) is 13.1. The zero-order valence-corrected chi connectivity index (χ0v) is 12.2. The molecule has 0 aliphatic rings. The largest absolute Gasteiger partial charge is 0.177 e. The van der Waals surface area contributed by atoms with Crippen LogP contribution in [0.2, 0.25) is 0 Å². The molecule has 4 heteroatoms. The van der Waals surface area contributed by atoms with Gasteiger partial charge in [0, 0.05) is 12.2 Å². The molecule has 17 heavy (non-hydrogen) atoms. The second-order valence-electron chi connectivity index (χ2n) is 3.17. The van der Waals surface area contributed by atoms with Crippen LogP contribution in [0.15, 0.2) is 73.7 Å². The number of hydrogen-bond acceptors (Lipinski definition) is 2. The summed E-state index contributed by atoms with van der Waals surface area (Å²) in [7, 11) is 0. The van der Waals surface area contributed by atoms with Gasteiger partial charge in [0.2, 0.25) is 0 Å². The lowest BCUT2D eigenvalue weighted by Gasteiger charge is -2.29. The average Bonchev–Trinajstić information content (AvgIpc) is 2.34. The number of nitrogens with two attached hydrogens (primary N) is 1. The highest BCUT2D eigenvalue weighted by Crippen LogP contribution is 2.21. The van der Waals surface area contributed by atoms with Crippen molar-refractivity contribution in [2.75, 3.05) is 0 Å². The standard InChI is InChI=1S/C13H19IN3/c1-5-9-12(8-4)17(15,16-14)13(10-6-2)11-7-3/h5-11,16H,1-2,4,15H2,3H3/q+1/b11-7-,12-9+,13-10+. The monoisotopic (exact) mass is 344 g/mol. The first-order valence-corrected chi connectivity index (χ1v) is 6.15. The smallest absolute Gasteiger partial charge is 0.150 e. The van der Waals surface area contributed by atoms with Crippen molar-refractivity contribution < 1.29 is 4.70 Å². The molecule has 0 saturated carbocycles. The Kier molecular flexibility index (Phi) is 7.73. The van der Waals surface area contributed by atoms with Crippen molar-refractivity contribution in [3.63, 3.8) is 0 Å². The minimum absolute atomic E-state index is 0.0769. The third kappa shape index (κ3) is 4.08. The number of halogens is 1. The quantitative estimate of drug-likeness (QED) is 0.185. The van der Waals surface area contributed by atoms with E-state index >= 15 is 0 Å². The van der Waals surface area contributed by atoms with Crippen molar-refractivity contribution in [1.29, 1.82) is 0 Å². The van der Waals surface area contributed by atoms with Crippen LogP contribution < -0.4 is 9.48 Å². The summed E-state index contributed by atoms with van der Waals surface area (Å²) in [5.74, 6) is 6.32. The molecule has 0 aromatic carbocycles. The summed E-state index contributed by atoms with van der Waals surface area (Å²) in [5.41, 5.74) is 1.62. The van der Waals surface area contributed by atoms with E-state index in [1.54, 1.807) is 24.3 Å². The molecule has 0 rings (SSSR count). The van der Waals surface area contributed by atoms with Gasteiger partial charge in [-0.05, 0) is 19.1 Å². The number of rotatable bonds is 7. The Morgan fingerprint density at radius 3 is 2.06 bits per heavy atom. The van der Waals surface area contributed by atoms with E-state index in [1.807, 2.05) is 48.0 Å². The van der Waals surface area contributed by atoms with Crippen LogP contribution in [0.1, 0.15) is 6.92 Å². The first-order chi connectivity index (χ1) is 8.10. The Bertz CT molecular complexity index is 380. The molecule has 0 aliphatic carbocycles. The molecule has 0 bridgehead atoms. The maximum absolute atomic E-state index is 6.32. The van der Waals surface area contributed by atoms with E-state index in [2.05, 4.69) is 23.4 Å². The lowest BCUT2D eigenvalue weighted by atomic mass is 10.2. The molecule has 0 aromatic heterocycles. The maximum atomic E-state index is 6.32. The van der Waals surface area contributed by atoms with Gasteiger partial charge in [0.25, 0.3) is 0 Å². The van der Waals surface area contributed by atoms with Gasteiger partial charge in [0.1, 0.15) is 0 Å². The predicted molar refractivity (Wildman–Crippen MR) is 83.2 cm³/mol. The molecule has 3 nitrogen and oxygen atoms in total. The van der Waals surface area contributed by atoms with E-state index in [0.29, 0.717) is 0 Å². The summed E-state index contributed by atoms with van der Waals surface area (Å²) in [5, 5.41) is 0. The molecule has 0 aliphatic heterocycles. The van der Waals surface area contributed by atoms with E-state index < -0.39 is 0 Å². The average molecular weight is 344 g/mol. The Morgan fingerprint density at radius 2 is 1.71 bits per heavy atom. The van der Waals surface area contributed by atoms with Gasteiger partial charge in [-0.1, -0.05) is 41.6 Å². The van der Waals surface area contributed by atoms with E-state index in [9.17, 15) is 0 Å². The number of quaternary nitrogens is 1. The number of hydrogen-bond donors (Lipinski definition) is 2. The van der Waals surface area contributed by atoms with Gasteiger partial charge in [-0.2, -0.15) is 0 Å². The second-order valence-corrected chi connectivity index (χ2v) is 3.65. The zero-order chi connectivity index (χ0) is 13.3. The summed E-state index contributed by atoms with van der Waals surface area (Å²) >= 11 is 2.00. The Balaban J connectivity index is 5.73. The van der Waals surface area contributed by atoms with Crippen molar-refractivity contribution in [3.8, 4) is 0 Å². The van der Waals surface area contributed by atoms with Crippen molar-refractivity contribution in [2.24, 2.45) is 5.84 Å². The van der Waals surface area contributed by atoms with Gasteiger partial charge in [-0.3, -0.25) is 0 Å². The molecule has 0 amide bonds. The highest BCUT2D eigenvalue weighted by molar-refractivity contribution is 14.1. The van der Waals surface area contributed by atoms with Gasteiger partial charge in [-0.15, -0.1) is 10.5 Å². The SMILES string of the molecule is C=C/C=C(\C=C)[N+](N)(NI)C(/C=C\C)=C/C=C. The van der Waals surface area contributed by atoms with Crippen LogP contribution >= 0.6 is 22.9 Å². The zero-order valence-electron chi connectivity index (χ0n) is 10.1. The van der Waals surface area contributed by atoms with Crippen LogP contribution in [0.25, 0.3) is 0 Å². The second kappa shape index (κ2) is 8.19. The van der Waals surface area contributed by atoms with Crippen LogP contribution in [0.3, 0.4) is 0 Å². The van der Waals surface area contributed by atoms with E-state index in [4.69, 9.17) is 5.84 Å². The molecular weight excluding hydrogens is 325 g/mol. The first kappa shape index (κ1) is 16.1. The Morgan fingerprint density at radius 1 is 1.18 bits per heavy atom. The van der Waals surface area contributed by atoms with Crippen LogP contribution in [-0.2, 0) is 0 Å². The normalized spacial score (nSPS) is 16.6. The number of nitrogens with zero attached hydrogens (tertiary/aromatic N) is 1. The van der Waals surface area contributed by atoms with Crippen LogP contribution in [-0.4, -0.2) is 4.70 Å². The third-order valence-electron chi connectivity index (χ3n) is 2.07. The molecule has 0 aromatic rings. The molecule has 1 atom stereocenters. The summed E-state index contributed by atoms with van der Waals surface area (Å²) in [6, 6.07) is 0. The molecule has 0 saturated heterocycles. The van der Waals surface area contributed by atoms with Crippen molar-refractivity contribution >= 4 is 22.9 Å². The molecule has 0 heterocycles. The molecule has 0 spiro atoms. The van der Waals surface area contributed by atoms with Gasteiger partial charge in [-0.25, -0.2) is 0 Å². The van der Waals surface area contributed by atoms with Crippen molar-refractivity contribution in [1.82, 2.24) is 3.64 Å². The van der Waals surface area contributed by atoms with E-state index in [1.165, 1.54) is 0 Å². The van der Waals surface area contributed by atoms with E-state index in [-0.39, 0.29) is 4.70 Å². The summed E-state index contributed by atoms with van der Waals surface area (Å²) < 4.78 is 2.94. The molecule has 1 unspecified atom stereocenters. The molecule has 92 valence electrons. The van der Waals surface area contributed by atoms with E-state index in [0.717, 1.165) is 11.4 Å². The molecule has 3 N–H and O–H groups in total. The van der Waals surface area contributed by atoms with Gasteiger partial charge >= 0.3 is 0 Å². The van der Waals surface area contributed by atoms with Crippen LogP contribution in [0.5, 0.6) is 0 Å². The first-order valence-electron chi connectivity index (χ1n) is 5.07. The maximum Gasteiger partial charge on any atom is 0.177 e. The van der Waals surface area contributed by atoms with Crippen LogP contribution in [0.4, 0.5) is 0 Å². The fourth-order valence-corrected chi connectivity index (χ4v) is 1.84. The van der Waals surface area contributed by atoms with Crippen LogP contribution in [0, 0.1) is 0 Å². The minimum atomic E-state index is -0.0769. The van der Waals surface area contributed by atoms with Gasteiger partial charge < -0.3 is 0 Å². The fraction of sp³-hybridized carbons (Fsp3) is 0.0769. The highest BCUT2D eigenvalue weighted by Gasteiger charge is 2.30. The molecular formula is C13H19IN3+. The number of allylic oxidation sites excluding steroid dienone is 7. The van der Waals surface area contributed by atoms with Gasteiger partial charge in [0.05, 0.1) is 22.9 Å². The Labute approximate surface area is 117 Å². The fourth-order valence-electron chi connectivity index (χ4n) is 1.28. The highest BCUT2D eigenvalue weighted by atomic mass is 127. The summed E-state index contributed by atoms with van der Waals surface area (Å²) in [6.07, 6.45) is 12.5. The third-order valence-corrected chi connectivity index (χ3v) is 2.83. The number of nitrogens with one attached hydrogen (secondary N) is 1. The van der Waals surface area contributed by atoms with Crippen molar-refractivity contribution in [3.05, 3.63) is 73.7 Å². The molecule has 0 radical (unpaired) electrons. The predicted octanol–water partition coefficient (Wildman–Crippen LogP) is 3.43. The lowest BCUT2D eigenvalue weighted by molar-refractivity contribution is -0.885. The topological polar surface area (TPSA) is 38.0 Å². The minimum Gasteiger partial charge on any atom is -0.150 e. The lowest BCUT2D eigenvalue weighted by Crippen LogP contribution is -2.57.